The van der Waals surface area contributed by atoms with E-state index >= 15 is 0 Å². The van der Waals surface area contributed by atoms with Crippen molar-refractivity contribution in [2.75, 3.05) is 42.2 Å². The van der Waals surface area contributed by atoms with E-state index in [-0.39, 0.29) is 24.0 Å². The van der Waals surface area contributed by atoms with Gasteiger partial charge in [0.05, 0.1) is 28.8 Å². The standard InChI is InChI=1S/C12H16ClN3O3S/c13-10-7-9(14)1-2-11(10)15-12(17)8-16-3-5-20(18,19)6-4-16/h1-2,7H,3-6,8,14H2,(H,15,17). The molecule has 1 aromatic carbocycles. The van der Waals surface area contributed by atoms with Gasteiger partial charge in [-0.2, -0.15) is 0 Å². The molecule has 1 aromatic rings. The van der Waals surface area contributed by atoms with E-state index < -0.39 is 9.84 Å². The van der Waals surface area contributed by atoms with Gasteiger partial charge in [0.25, 0.3) is 0 Å². The van der Waals surface area contributed by atoms with Gasteiger partial charge in [-0.15, -0.1) is 0 Å². The number of nitrogens with two attached hydrogens (primary N) is 1. The molecule has 2 rings (SSSR count). The second kappa shape index (κ2) is 5.99. The van der Waals surface area contributed by atoms with Gasteiger partial charge in [-0.05, 0) is 18.2 Å². The molecule has 3 N–H and O–H groups in total. The number of benzene rings is 1. The van der Waals surface area contributed by atoms with Crippen LogP contribution in [0.5, 0.6) is 0 Å². The molecule has 0 spiro atoms. The molecule has 1 fully saturated rings. The van der Waals surface area contributed by atoms with Crippen LogP contribution in [0, 0.1) is 0 Å². The summed E-state index contributed by atoms with van der Waals surface area (Å²) in [5, 5.41) is 3.06. The molecule has 110 valence electrons. The Bertz CT molecular complexity index is 604. The Labute approximate surface area is 122 Å². The number of sulfone groups is 1. The lowest BCUT2D eigenvalue weighted by Gasteiger charge is -2.25. The summed E-state index contributed by atoms with van der Waals surface area (Å²) >= 11 is 5.97. The summed E-state index contributed by atoms with van der Waals surface area (Å²) in [6.45, 7) is 0.909. The third kappa shape index (κ3) is 4.09. The van der Waals surface area contributed by atoms with Crippen LogP contribution in [0.1, 0.15) is 0 Å². The lowest BCUT2D eigenvalue weighted by Crippen LogP contribution is -2.43. The number of hydrogen-bond acceptors (Lipinski definition) is 5. The van der Waals surface area contributed by atoms with Gasteiger partial charge < -0.3 is 11.1 Å². The fourth-order valence-electron chi connectivity index (χ4n) is 1.93. The van der Waals surface area contributed by atoms with Crippen LogP contribution < -0.4 is 11.1 Å². The van der Waals surface area contributed by atoms with E-state index in [0.29, 0.717) is 29.5 Å². The van der Waals surface area contributed by atoms with Crippen LogP contribution in [0.3, 0.4) is 0 Å². The maximum absolute atomic E-state index is 11.9. The zero-order chi connectivity index (χ0) is 14.8. The number of rotatable bonds is 3. The first-order valence-electron chi connectivity index (χ1n) is 6.13. The second-order valence-corrected chi connectivity index (χ2v) is 7.43. The summed E-state index contributed by atoms with van der Waals surface area (Å²) in [6.07, 6.45) is 0. The van der Waals surface area contributed by atoms with Crippen LogP contribution in [0.15, 0.2) is 18.2 Å². The van der Waals surface area contributed by atoms with Crippen LogP contribution in [-0.2, 0) is 14.6 Å². The number of nitrogen functional groups attached to an aromatic ring is 1. The number of amides is 1. The zero-order valence-electron chi connectivity index (χ0n) is 10.8. The van der Waals surface area contributed by atoms with Crippen molar-refractivity contribution in [1.82, 2.24) is 4.90 Å². The van der Waals surface area contributed by atoms with Crippen LogP contribution in [0.2, 0.25) is 5.02 Å². The van der Waals surface area contributed by atoms with Gasteiger partial charge in [0.2, 0.25) is 5.91 Å². The molecule has 0 bridgehead atoms. The summed E-state index contributed by atoms with van der Waals surface area (Å²) in [4.78, 5) is 13.7. The minimum absolute atomic E-state index is 0.100. The molecular weight excluding hydrogens is 302 g/mol. The fourth-order valence-corrected chi connectivity index (χ4v) is 3.45. The van der Waals surface area contributed by atoms with E-state index in [1.165, 1.54) is 0 Å². The highest BCUT2D eigenvalue weighted by atomic mass is 35.5. The van der Waals surface area contributed by atoms with Gasteiger partial charge in [0.15, 0.2) is 9.84 Å². The van der Waals surface area contributed by atoms with Gasteiger partial charge in [-0.3, -0.25) is 9.69 Å². The molecule has 20 heavy (non-hydrogen) atoms. The van der Waals surface area contributed by atoms with Crippen molar-refractivity contribution in [3.8, 4) is 0 Å². The SMILES string of the molecule is Nc1ccc(NC(=O)CN2CCS(=O)(=O)CC2)c(Cl)c1. The van der Waals surface area contributed by atoms with Crippen LogP contribution in [-0.4, -0.2) is 50.4 Å². The Balaban J connectivity index is 1.90. The Kier molecular flexibility index (Phi) is 4.52. The number of hydrogen-bond donors (Lipinski definition) is 2. The lowest BCUT2D eigenvalue weighted by atomic mass is 10.3. The maximum Gasteiger partial charge on any atom is 0.238 e. The Morgan fingerprint density at radius 2 is 2.00 bits per heavy atom. The Hall–Kier alpha value is -1.31. The molecule has 6 nitrogen and oxygen atoms in total. The first kappa shape index (κ1) is 15.1. The number of nitrogens with one attached hydrogen (secondary N) is 1. The summed E-state index contributed by atoms with van der Waals surface area (Å²) in [5.74, 6) is -0.0257. The first-order chi connectivity index (χ1) is 9.35. The van der Waals surface area contributed by atoms with Crippen molar-refractivity contribution in [3.63, 3.8) is 0 Å². The second-order valence-electron chi connectivity index (χ2n) is 4.72. The average molecular weight is 318 g/mol. The Morgan fingerprint density at radius 3 is 2.60 bits per heavy atom. The predicted molar refractivity (Wildman–Crippen MR) is 79.6 cm³/mol. The van der Waals surface area contributed by atoms with Gasteiger partial charge >= 0.3 is 0 Å². The van der Waals surface area contributed by atoms with Gasteiger partial charge in [-0.25, -0.2) is 8.42 Å². The maximum atomic E-state index is 11.9. The molecule has 0 saturated carbocycles. The summed E-state index contributed by atoms with van der Waals surface area (Å²) in [7, 11) is -2.93. The highest BCUT2D eigenvalue weighted by molar-refractivity contribution is 7.91. The van der Waals surface area contributed by atoms with E-state index in [9.17, 15) is 13.2 Å². The number of anilines is 2. The Morgan fingerprint density at radius 1 is 1.35 bits per heavy atom. The highest BCUT2D eigenvalue weighted by Gasteiger charge is 2.23. The molecule has 1 amide bonds. The number of carbonyl (C=O) groups excluding carboxylic acids is 1. The molecule has 1 saturated heterocycles. The molecule has 0 aliphatic carbocycles. The van der Waals surface area contributed by atoms with Crippen molar-refractivity contribution in [1.29, 1.82) is 0 Å². The number of carbonyl (C=O) groups is 1. The molecular formula is C12H16ClN3O3S. The van der Waals surface area contributed by atoms with Crippen LogP contribution in [0.4, 0.5) is 11.4 Å². The van der Waals surface area contributed by atoms with E-state index in [1.807, 2.05) is 4.90 Å². The topological polar surface area (TPSA) is 92.5 Å². The average Bonchev–Trinajstić information content (AvgIpc) is 2.35. The van der Waals surface area contributed by atoms with Crippen molar-refractivity contribution in [2.24, 2.45) is 0 Å². The van der Waals surface area contributed by atoms with E-state index in [1.54, 1.807) is 18.2 Å². The van der Waals surface area contributed by atoms with Crippen molar-refractivity contribution >= 4 is 38.7 Å². The monoisotopic (exact) mass is 317 g/mol. The van der Waals surface area contributed by atoms with Crippen molar-refractivity contribution in [3.05, 3.63) is 23.2 Å². The zero-order valence-corrected chi connectivity index (χ0v) is 12.4. The van der Waals surface area contributed by atoms with E-state index in [0.717, 1.165) is 0 Å². The molecule has 8 heteroatoms. The molecule has 1 aliphatic heterocycles. The summed E-state index contributed by atoms with van der Waals surface area (Å²) < 4.78 is 22.6. The first-order valence-corrected chi connectivity index (χ1v) is 8.33. The normalized spacial score (nSPS) is 18.6. The third-order valence-corrected chi connectivity index (χ3v) is 4.99. The molecule has 0 atom stereocenters. The molecule has 0 unspecified atom stereocenters. The predicted octanol–water partition coefficient (Wildman–Crippen LogP) is 0.591. The van der Waals surface area contributed by atoms with Gasteiger partial charge in [-0.1, -0.05) is 11.6 Å². The third-order valence-electron chi connectivity index (χ3n) is 3.07. The lowest BCUT2D eigenvalue weighted by molar-refractivity contribution is -0.117. The molecule has 1 aliphatic rings. The minimum Gasteiger partial charge on any atom is -0.399 e. The number of nitrogens with zero attached hydrogens (tertiary/aromatic N) is 1. The van der Waals surface area contributed by atoms with Crippen molar-refractivity contribution in [2.45, 2.75) is 0 Å². The molecule has 0 radical (unpaired) electrons. The number of halogens is 1. The summed E-state index contributed by atoms with van der Waals surface area (Å²) in [6, 6.07) is 4.84. The smallest absolute Gasteiger partial charge is 0.238 e. The van der Waals surface area contributed by atoms with Crippen LogP contribution in [0.25, 0.3) is 0 Å². The van der Waals surface area contributed by atoms with E-state index in [2.05, 4.69) is 5.32 Å². The van der Waals surface area contributed by atoms with E-state index in [4.69, 9.17) is 17.3 Å². The summed E-state index contributed by atoms with van der Waals surface area (Å²) in [5.41, 5.74) is 6.59. The van der Waals surface area contributed by atoms with Gasteiger partial charge in [0, 0.05) is 18.8 Å². The van der Waals surface area contributed by atoms with Crippen molar-refractivity contribution < 1.29 is 13.2 Å². The molecule has 1 heterocycles. The molecule has 0 aromatic heterocycles. The quantitative estimate of drug-likeness (QED) is 0.796. The highest BCUT2D eigenvalue weighted by Crippen LogP contribution is 2.23. The fraction of sp³-hybridized carbons (Fsp3) is 0.417. The minimum atomic E-state index is -2.93. The van der Waals surface area contributed by atoms with Gasteiger partial charge in [0.1, 0.15) is 0 Å². The van der Waals surface area contributed by atoms with Crippen LogP contribution >= 0.6 is 11.6 Å². The largest absolute Gasteiger partial charge is 0.399 e.